The van der Waals surface area contributed by atoms with Crippen LogP contribution in [0.3, 0.4) is 0 Å². The molecule has 2 saturated carbocycles. The number of ether oxygens (including phenoxy) is 2. The molecule has 0 spiro atoms. The van der Waals surface area contributed by atoms with Crippen molar-refractivity contribution in [3.63, 3.8) is 0 Å². The van der Waals surface area contributed by atoms with Gasteiger partial charge in [-0.1, -0.05) is 23.7 Å². The van der Waals surface area contributed by atoms with Crippen LogP contribution >= 0.6 is 11.6 Å². The van der Waals surface area contributed by atoms with E-state index in [2.05, 4.69) is 10.6 Å². The van der Waals surface area contributed by atoms with Crippen LogP contribution in [0.25, 0.3) is 6.08 Å². The van der Waals surface area contributed by atoms with E-state index in [4.69, 9.17) is 21.1 Å². The third kappa shape index (κ3) is 5.66. The van der Waals surface area contributed by atoms with Gasteiger partial charge in [0, 0.05) is 24.2 Å². The van der Waals surface area contributed by atoms with Crippen LogP contribution in [0.4, 0.5) is 4.39 Å². The molecule has 2 N–H and O–H groups in total. The number of carbonyl (C=O) groups is 2. The maximum absolute atomic E-state index is 13.5. The molecule has 2 aliphatic carbocycles. The molecular formula is C25H26ClFN2O4. The Hall–Kier alpha value is -3.06. The number of hydrogen-bond donors (Lipinski definition) is 2. The van der Waals surface area contributed by atoms with E-state index in [0.717, 1.165) is 30.2 Å². The highest BCUT2D eigenvalue weighted by Crippen LogP contribution is 2.47. The summed E-state index contributed by atoms with van der Waals surface area (Å²) in [5.74, 6) is 0.695. The molecule has 4 atom stereocenters. The Morgan fingerprint density at radius 1 is 1.06 bits per heavy atom. The first-order valence-electron chi connectivity index (χ1n) is 10.9. The highest BCUT2D eigenvalue weighted by atomic mass is 35.5. The van der Waals surface area contributed by atoms with E-state index < -0.39 is 5.82 Å². The molecule has 0 radical (unpaired) electrons. The lowest BCUT2D eigenvalue weighted by Gasteiger charge is -2.36. The van der Waals surface area contributed by atoms with Gasteiger partial charge in [0.05, 0.1) is 12.1 Å². The predicted octanol–water partition coefficient (Wildman–Crippen LogP) is 3.98. The number of carbonyl (C=O) groups excluding carboxylic acids is 2. The van der Waals surface area contributed by atoms with Gasteiger partial charge in [0.15, 0.2) is 6.61 Å². The fourth-order valence-corrected chi connectivity index (χ4v) is 4.71. The van der Waals surface area contributed by atoms with E-state index in [1.54, 1.807) is 13.2 Å². The molecule has 8 heteroatoms. The Balaban J connectivity index is 1.26. The molecule has 6 nitrogen and oxygen atoms in total. The number of fused-ring (bicyclic) bond motifs is 1. The van der Waals surface area contributed by atoms with E-state index in [0.29, 0.717) is 18.3 Å². The SMILES string of the molecule is COc1ccc(/C=C/C(=O)NC2C[C@H](NC(=O)COc3ccc(Cl)c(F)c3)C3CCC23)cc1. The van der Waals surface area contributed by atoms with Gasteiger partial charge in [-0.05, 0) is 67.0 Å². The van der Waals surface area contributed by atoms with Crippen molar-refractivity contribution in [1.29, 1.82) is 0 Å². The molecule has 2 aliphatic rings. The Morgan fingerprint density at radius 3 is 2.36 bits per heavy atom. The van der Waals surface area contributed by atoms with Crippen molar-refractivity contribution in [2.24, 2.45) is 11.8 Å². The summed E-state index contributed by atoms with van der Waals surface area (Å²) < 4.78 is 24.0. The number of nitrogens with one attached hydrogen (secondary N) is 2. The van der Waals surface area contributed by atoms with Crippen LogP contribution in [0.5, 0.6) is 11.5 Å². The average Bonchev–Trinajstić information content (AvgIpc) is 3.00. The van der Waals surface area contributed by atoms with Crippen LogP contribution in [0.1, 0.15) is 24.8 Å². The fraction of sp³-hybridized carbons (Fsp3) is 0.360. The zero-order valence-electron chi connectivity index (χ0n) is 18.2. The number of halogens is 2. The first-order valence-corrected chi connectivity index (χ1v) is 11.3. The zero-order valence-corrected chi connectivity index (χ0v) is 19.0. The summed E-state index contributed by atoms with van der Waals surface area (Å²) in [6, 6.07) is 11.5. The Labute approximate surface area is 197 Å². The quantitative estimate of drug-likeness (QED) is 0.570. The van der Waals surface area contributed by atoms with E-state index >= 15 is 0 Å². The van der Waals surface area contributed by atoms with Crippen LogP contribution in [-0.2, 0) is 9.59 Å². The van der Waals surface area contributed by atoms with Gasteiger partial charge in [-0.25, -0.2) is 4.39 Å². The highest BCUT2D eigenvalue weighted by Gasteiger charge is 2.49. The summed E-state index contributed by atoms with van der Waals surface area (Å²) in [6.07, 6.45) is 6.02. The molecule has 0 aliphatic heterocycles. The summed E-state index contributed by atoms with van der Waals surface area (Å²) in [7, 11) is 1.61. The van der Waals surface area contributed by atoms with Gasteiger partial charge in [0.25, 0.3) is 5.91 Å². The number of rotatable bonds is 8. The van der Waals surface area contributed by atoms with Crippen molar-refractivity contribution in [1.82, 2.24) is 10.6 Å². The average molecular weight is 473 g/mol. The van der Waals surface area contributed by atoms with Gasteiger partial charge in [-0.2, -0.15) is 0 Å². The van der Waals surface area contributed by atoms with E-state index in [9.17, 15) is 14.0 Å². The van der Waals surface area contributed by atoms with E-state index in [1.807, 2.05) is 24.3 Å². The number of methoxy groups -OCH3 is 1. The number of amides is 2. The molecule has 2 aromatic rings. The molecule has 0 saturated heterocycles. The topological polar surface area (TPSA) is 76.7 Å². The summed E-state index contributed by atoms with van der Waals surface area (Å²) in [5, 5.41) is 6.10. The van der Waals surface area contributed by atoms with Crippen molar-refractivity contribution >= 4 is 29.5 Å². The zero-order chi connectivity index (χ0) is 23.4. The number of benzene rings is 2. The first-order chi connectivity index (χ1) is 15.9. The lowest BCUT2D eigenvalue weighted by atomic mass is 9.73. The second kappa shape index (κ2) is 10.3. The second-order valence-electron chi connectivity index (χ2n) is 8.40. The third-order valence-corrected chi connectivity index (χ3v) is 6.71. The summed E-state index contributed by atoms with van der Waals surface area (Å²) in [5.41, 5.74) is 0.907. The molecule has 3 unspecified atom stereocenters. The minimum absolute atomic E-state index is 0.000663. The molecule has 2 amide bonds. The van der Waals surface area contributed by atoms with Crippen LogP contribution in [-0.4, -0.2) is 37.6 Å². The third-order valence-electron chi connectivity index (χ3n) is 6.40. The molecule has 174 valence electrons. The van der Waals surface area contributed by atoms with E-state index in [1.165, 1.54) is 18.2 Å². The van der Waals surface area contributed by atoms with Crippen LogP contribution in [0.15, 0.2) is 48.5 Å². The van der Waals surface area contributed by atoms with Gasteiger partial charge < -0.3 is 20.1 Å². The summed E-state index contributed by atoms with van der Waals surface area (Å²) in [4.78, 5) is 24.8. The van der Waals surface area contributed by atoms with Gasteiger partial charge in [0.1, 0.15) is 17.3 Å². The minimum atomic E-state index is -0.595. The molecule has 0 aromatic heterocycles. The molecule has 0 heterocycles. The first kappa shape index (κ1) is 23.1. The molecule has 33 heavy (non-hydrogen) atoms. The molecule has 4 rings (SSSR count). The molecule has 0 bridgehead atoms. The van der Waals surface area contributed by atoms with Crippen molar-refractivity contribution in [3.05, 3.63) is 64.9 Å². The Morgan fingerprint density at radius 2 is 1.73 bits per heavy atom. The monoisotopic (exact) mass is 472 g/mol. The maximum atomic E-state index is 13.5. The smallest absolute Gasteiger partial charge is 0.258 e. The number of hydrogen-bond acceptors (Lipinski definition) is 4. The highest BCUT2D eigenvalue weighted by molar-refractivity contribution is 6.30. The van der Waals surface area contributed by atoms with Gasteiger partial charge in [0.2, 0.25) is 5.91 Å². The molecule has 2 fully saturated rings. The van der Waals surface area contributed by atoms with Gasteiger partial charge in [-0.3, -0.25) is 9.59 Å². The molecular weight excluding hydrogens is 447 g/mol. The van der Waals surface area contributed by atoms with Crippen LogP contribution in [0.2, 0.25) is 5.02 Å². The van der Waals surface area contributed by atoms with Crippen molar-refractivity contribution < 1.29 is 23.5 Å². The molecule has 2 aromatic carbocycles. The fourth-order valence-electron chi connectivity index (χ4n) is 4.59. The predicted molar refractivity (Wildman–Crippen MR) is 124 cm³/mol. The van der Waals surface area contributed by atoms with Gasteiger partial charge >= 0.3 is 0 Å². The largest absolute Gasteiger partial charge is 0.497 e. The lowest BCUT2D eigenvalue weighted by molar-refractivity contribution is -0.124. The Kier molecular flexibility index (Phi) is 7.18. The van der Waals surface area contributed by atoms with Crippen molar-refractivity contribution in [2.45, 2.75) is 31.3 Å². The lowest BCUT2D eigenvalue weighted by Crippen LogP contribution is -2.44. The normalized spacial score (nSPS) is 23.5. The maximum Gasteiger partial charge on any atom is 0.258 e. The van der Waals surface area contributed by atoms with E-state index in [-0.39, 0.29) is 41.3 Å². The standard InChI is InChI=1S/C25H26ClFN2O4/c1-32-16-5-2-15(3-6-16)4-11-24(30)28-22-13-23(19-9-8-18(19)22)29-25(31)14-33-17-7-10-20(26)21(27)12-17/h2-7,10-12,18-19,22-23H,8-9,13-14H2,1H3,(H,28,30)(H,29,31)/b11-4+/t18?,19?,22?,23-/m0/s1. The van der Waals surface area contributed by atoms with Gasteiger partial charge in [-0.15, -0.1) is 0 Å². The summed E-state index contributed by atoms with van der Waals surface area (Å²) >= 11 is 5.66. The van der Waals surface area contributed by atoms with Crippen LogP contribution in [0, 0.1) is 17.7 Å². The summed E-state index contributed by atoms with van der Waals surface area (Å²) in [6.45, 7) is -0.212. The minimum Gasteiger partial charge on any atom is -0.497 e. The van der Waals surface area contributed by atoms with Crippen molar-refractivity contribution in [2.75, 3.05) is 13.7 Å². The second-order valence-corrected chi connectivity index (χ2v) is 8.81. The van der Waals surface area contributed by atoms with Crippen molar-refractivity contribution in [3.8, 4) is 11.5 Å². The Bertz CT molecular complexity index is 1040. The van der Waals surface area contributed by atoms with Crippen LogP contribution < -0.4 is 20.1 Å².